The third kappa shape index (κ3) is 6.41. The van der Waals surface area contributed by atoms with Gasteiger partial charge in [0.25, 0.3) is 0 Å². The molecule has 0 aliphatic carbocycles. The normalized spacial score (nSPS) is 27.0. The van der Waals surface area contributed by atoms with Gasteiger partial charge < -0.3 is 15.5 Å². The van der Waals surface area contributed by atoms with E-state index in [2.05, 4.69) is 5.32 Å². The third-order valence-electron chi connectivity index (χ3n) is 2.81. The van der Waals surface area contributed by atoms with Gasteiger partial charge in [0, 0.05) is 38.2 Å². The molecule has 3 unspecified atom stereocenters. The minimum Gasteiger partial charge on any atom is -0.354 e. The quantitative estimate of drug-likeness (QED) is 0.439. The van der Waals surface area contributed by atoms with Crippen molar-refractivity contribution in [2.45, 2.75) is 44.2 Å². The minimum absolute atomic E-state index is 0.0880. The Morgan fingerprint density at radius 1 is 1.63 bits per heavy atom. The first-order valence-electron chi connectivity index (χ1n) is 5.96. The summed E-state index contributed by atoms with van der Waals surface area (Å²) in [7, 11) is 0. The van der Waals surface area contributed by atoms with Crippen molar-refractivity contribution in [1.29, 1.82) is 0 Å². The number of hydrogen-bond acceptors (Lipinski definition) is 7. The van der Waals surface area contributed by atoms with Crippen LogP contribution in [0.2, 0.25) is 0 Å². The fraction of sp³-hybridized carbons (Fsp3) is 0.900. The second kappa shape index (κ2) is 6.73. The number of nitrogens with zero attached hydrogens (tertiary/aromatic N) is 1. The molecule has 1 saturated heterocycles. The topological polar surface area (TPSA) is 125 Å². The highest BCUT2D eigenvalue weighted by molar-refractivity contribution is 7.79. The fourth-order valence-electron chi connectivity index (χ4n) is 2.21. The second-order valence-electron chi connectivity index (χ2n) is 4.77. The molecule has 1 rings (SSSR count). The Hall–Kier alpha value is -0.580. The summed E-state index contributed by atoms with van der Waals surface area (Å²) < 4.78 is 16.2. The van der Waals surface area contributed by atoms with Crippen LogP contribution in [0.15, 0.2) is 0 Å². The summed E-state index contributed by atoms with van der Waals surface area (Å²) in [5.41, 5.74) is 5.17. The molecule has 8 nitrogen and oxygen atoms in total. The van der Waals surface area contributed by atoms with E-state index in [9.17, 15) is 19.2 Å². The van der Waals surface area contributed by atoms with Crippen LogP contribution in [0.5, 0.6) is 0 Å². The molecule has 0 bridgehead atoms. The first-order valence-corrected chi connectivity index (χ1v) is 7.45. The number of piperidine rings is 1. The van der Waals surface area contributed by atoms with E-state index < -0.39 is 23.0 Å². The van der Waals surface area contributed by atoms with Crippen molar-refractivity contribution in [3.05, 3.63) is 0 Å². The molecule has 1 aliphatic heterocycles. The first-order chi connectivity index (χ1) is 8.67. The summed E-state index contributed by atoms with van der Waals surface area (Å²) in [6.07, 6.45) is 2.28. The zero-order valence-corrected chi connectivity index (χ0v) is 11.9. The van der Waals surface area contributed by atoms with Gasteiger partial charge in [-0.1, -0.05) is 0 Å². The number of amides is 1. The van der Waals surface area contributed by atoms with Crippen molar-refractivity contribution in [1.82, 2.24) is 10.4 Å². The summed E-state index contributed by atoms with van der Waals surface area (Å²) in [6, 6.07) is -0.524. The van der Waals surface area contributed by atoms with Gasteiger partial charge >= 0.3 is 0 Å². The average molecular weight is 295 g/mol. The zero-order valence-electron chi connectivity index (χ0n) is 11.0. The number of hydroxylamine groups is 2. The number of hydrogen-bond donors (Lipinski definition) is 4. The maximum absolute atomic E-state index is 11.1. The van der Waals surface area contributed by atoms with E-state index in [0.29, 0.717) is 19.4 Å². The van der Waals surface area contributed by atoms with E-state index in [-0.39, 0.29) is 18.4 Å². The van der Waals surface area contributed by atoms with Crippen LogP contribution in [0.1, 0.15) is 26.2 Å². The van der Waals surface area contributed by atoms with Crippen molar-refractivity contribution >= 4 is 17.0 Å². The maximum Gasteiger partial charge on any atom is 0.221 e. The molecule has 1 fully saturated rings. The number of rotatable bonds is 5. The van der Waals surface area contributed by atoms with Crippen LogP contribution in [0.25, 0.3) is 0 Å². The highest BCUT2D eigenvalue weighted by Gasteiger charge is 2.35. The second-order valence-corrected chi connectivity index (χ2v) is 5.73. The minimum atomic E-state index is -2.33. The molecular formula is C10H21N3O5S. The number of nitrogens with one attached hydrogen (secondary N) is 1. The molecule has 19 heavy (non-hydrogen) atoms. The van der Waals surface area contributed by atoms with Gasteiger partial charge in [-0.15, -0.1) is 0 Å². The molecule has 1 amide bonds. The van der Waals surface area contributed by atoms with Gasteiger partial charge in [-0.25, -0.2) is 4.21 Å². The van der Waals surface area contributed by atoms with Crippen LogP contribution in [-0.4, -0.2) is 56.2 Å². The van der Waals surface area contributed by atoms with E-state index in [4.69, 9.17) is 10.0 Å². The van der Waals surface area contributed by atoms with Crippen LogP contribution in [0.3, 0.4) is 0 Å². The van der Waals surface area contributed by atoms with E-state index in [1.54, 1.807) is 0 Å². The highest BCUT2D eigenvalue weighted by atomic mass is 32.2. The largest absolute Gasteiger partial charge is 0.354 e. The lowest BCUT2D eigenvalue weighted by molar-refractivity contribution is -0.197. The standard InChI is InChI=1S/C10H21N3O5S/c1-7(14)12-8-3-4-13(18-19(2)17)9(5-8)6-10(11,15)16/h8-9,15-16H,3-6,11H2,1-2H3,(H,12,14). The van der Waals surface area contributed by atoms with E-state index in [1.165, 1.54) is 18.2 Å². The van der Waals surface area contributed by atoms with Crippen LogP contribution in [0.4, 0.5) is 0 Å². The fourth-order valence-corrected chi connectivity index (χ4v) is 2.68. The van der Waals surface area contributed by atoms with Gasteiger partial charge in [-0.05, 0) is 12.8 Å². The summed E-state index contributed by atoms with van der Waals surface area (Å²) >= 11 is -1.50. The molecule has 112 valence electrons. The Bertz CT molecular complexity index is 347. The Morgan fingerprint density at radius 3 is 2.74 bits per heavy atom. The van der Waals surface area contributed by atoms with Crippen molar-refractivity contribution < 1.29 is 23.5 Å². The molecule has 1 aliphatic rings. The van der Waals surface area contributed by atoms with Gasteiger partial charge in [0.2, 0.25) is 11.8 Å². The smallest absolute Gasteiger partial charge is 0.221 e. The summed E-state index contributed by atoms with van der Waals surface area (Å²) in [6.45, 7) is 1.84. The predicted molar refractivity (Wildman–Crippen MR) is 68.5 cm³/mol. The SMILES string of the molecule is CC(=O)NC1CCN(OS(C)=O)C(CC(N)(O)O)C1. The molecule has 0 aromatic heterocycles. The monoisotopic (exact) mass is 295 g/mol. The molecule has 5 N–H and O–H groups in total. The summed E-state index contributed by atoms with van der Waals surface area (Å²) in [5, 5.41) is 22.8. The van der Waals surface area contributed by atoms with Crippen molar-refractivity contribution in [3.63, 3.8) is 0 Å². The van der Waals surface area contributed by atoms with E-state index >= 15 is 0 Å². The molecule has 3 atom stereocenters. The lowest BCUT2D eigenvalue weighted by atomic mass is 9.95. The lowest BCUT2D eigenvalue weighted by Crippen LogP contribution is -2.54. The number of carbonyl (C=O) groups is 1. The van der Waals surface area contributed by atoms with Crippen LogP contribution >= 0.6 is 0 Å². The van der Waals surface area contributed by atoms with Gasteiger partial charge in [0.15, 0.2) is 11.1 Å². The molecular weight excluding hydrogens is 274 g/mol. The van der Waals surface area contributed by atoms with Crippen molar-refractivity contribution in [2.75, 3.05) is 12.8 Å². The van der Waals surface area contributed by atoms with Gasteiger partial charge in [0.1, 0.15) is 0 Å². The van der Waals surface area contributed by atoms with E-state index in [0.717, 1.165) is 0 Å². The van der Waals surface area contributed by atoms with Crippen molar-refractivity contribution in [3.8, 4) is 0 Å². The molecule has 1 heterocycles. The van der Waals surface area contributed by atoms with Gasteiger partial charge in [0.05, 0.1) is 0 Å². The van der Waals surface area contributed by atoms with Crippen LogP contribution in [0, 0.1) is 0 Å². The Balaban J connectivity index is 2.68. The Kier molecular flexibility index (Phi) is 5.83. The number of carbonyl (C=O) groups excluding carboxylic acids is 1. The lowest BCUT2D eigenvalue weighted by Gasteiger charge is -2.39. The molecule has 0 aromatic carbocycles. The maximum atomic E-state index is 11.1. The van der Waals surface area contributed by atoms with Crippen LogP contribution in [-0.2, 0) is 20.2 Å². The molecule has 0 saturated carbocycles. The first kappa shape index (κ1) is 16.5. The Labute approximate surface area is 114 Å². The molecule has 9 heteroatoms. The van der Waals surface area contributed by atoms with Gasteiger partial charge in [-0.2, -0.15) is 9.35 Å². The zero-order chi connectivity index (χ0) is 14.6. The Morgan fingerprint density at radius 2 is 2.26 bits per heavy atom. The van der Waals surface area contributed by atoms with Crippen LogP contribution < -0.4 is 11.1 Å². The summed E-state index contributed by atoms with van der Waals surface area (Å²) in [5.74, 6) is -2.48. The van der Waals surface area contributed by atoms with Crippen molar-refractivity contribution in [2.24, 2.45) is 5.73 Å². The summed E-state index contributed by atoms with van der Waals surface area (Å²) in [4.78, 5) is 11.0. The number of nitrogens with two attached hydrogens (primary N) is 1. The highest BCUT2D eigenvalue weighted by Crippen LogP contribution is 2.23. The number of aliphatic hydroxyl groups is 2. The van der Waals surface area contributed by atoms with Gasteiger partial charge in [-0.3, -0.25) is 10.5 Å². The predicted octanol–water partition coefficient (Wildman–Crippen LogP) is -1.83. The average Bonchev–Trinajstić information content (AvgIpc) is 2.18. The third-order valence-corrected chi connectivity index (χ3v) is 3.21. The van der Waals surface area contributed by atoms with E-state index in [1.807, 2.05) is 0 Å². The molecule has 0 radical (unpaired) electrons. The molecule has 0 aromatic rings. The molecule has 0 spiro atoms.